The van der Waals surface area contributed by atoms with E-state index in [1.807, 2.05) is 7.11 Å². The second kappa shape index (κ2) is 3.55. The molecule has 11 heavy (non-hydrogen) atoms. The first-order valence-electron chi connectivity index (χ1n) is 4.53. The molecule has 0 spiro atoms. The molecule has 1 fully saturated rings. The zero-order chi connectivity index (χ0) is 8.32. The van der Waals surface area contributed by atoms with Crippen LogP contribution in [0.4, 0.5) is 0 Å². The van der Waals surface area contributed by atoms with Crippen LogP contribution in [0.1, 0.15) is 33.1 Å². The zero-order valence-corrected chi connectivity index (χ0v) is 7.81. The van der Waals surface area contributed by atoms with Crippen molar-refractivity contribution in [3.05, 3.63) is 0 Å². The molecular formula is C9H19NO. The summed E-state index contributed by atoms with van der Waals surface area (Å²) in [5.41, 5.74) is 0.163. The maximum Gasteiger partial charge on any atom is 0.0828 e. The fourth-order valence-electron chi connectivity index (χ4n) is 1.83. The molecule has 1 unspecified atom stereocenters. The molecule has 0 aromatic heterocycles. The number of methoxy groups -OCH3 is 1. The molecule has 0 amide bonds. The second-order valence-corrected chi connectivity index (χ2v) is 3.40. The average Bonchev–Trinajstić information content (AvgIpc) is 1.87. The molecule has 66 valence electrons. The van der Waals surface area contributed by atoms with Gasteiger partial charge >= 0.3 is 0 Å². The van der Waals surface area contributed by atoms with Crippen LogP contribution in [-0.4, -0.2) is 25.3 Å². The molecule has 0 saturated heterocycles. The lowest BCUT2D eigenvalue weighted by Gasteiger charge is -2.45. The minimum absolute atomic E-state index is 0.163. The van der Waals surface area contributed by atoms with Crippen LogP contribution >= 0.6 is 0 Å². The summed E-state index contributed by atoms with van der Waals surface area (Å²) in [6.07, 6.45) is 3.76. The molecule has 2 nitrogen and oxygen atoms in total. The first-order chi connectivity index (χ1) is 5.25. The maximum absolute atomic E-state index is 5.53. The van der Waals surface area contributed by atoms with E-state index in [1.165, 1.54) is 19.3 Å². The highest BCUT2D eigenvalue weighted by atomic mass is 16.5. The van der Waals surface area contributed by atoms with E-state index in [2.05, 4.69) is 19.2 Å². The summed E-state index contributed by atoms with van der Waals surface area (Å²) in [7, 11) is 1.83. The molecule has 0 aromatic carbocycles. The first kappa shape index (κ1) is 9.01. The van der Waals surface area contributed by atoms with Gasteiger partial charge in [0.25, 0.3) is 0 Å². The Morgan fingerprint density at radius 1 is 1.55 bits per heavy atom. The lowest BCUT2D eigenvalue weighted by Crippen LogP contribution is -2.54. The lowest BCUT2D eigenvalue weighted by atomic mass is 9.75. The molecule has 0 aliphatic heterocycles. The Bertz CT molecular complexity index is 115. The molecule has 0 aromatic rings. The van der Waals surface area contributed by atoms with Crippen molar-refractivity contribution in [2.45, 2.75) is 44.8 Å². The Kier molecular flexibility index (Phi) is 2.90. The third kappa shape index (κ3) is 1.57. The third-order valence-corrected chi connectivity index (χ3v) is 2.91. The van der Waals surface area contributed by atoms with Crippen LogP contribution in [0.3, 0.4) is 0 Å². The predicted octanol–water partition coefficient (Wildman–Crippen LogP) is 1.55. The maximum atomic E-state index is 5.53. The molecule has 0 bridgehead atoms. The number of hydrogen-bond donors (Lipinski definition) is 1. The Balaban J connectivity index is 2.40. The number of hydrogen-bond acceptors (Lipinski definition) is 2. The Labute approximate surface area is 69.3 Å². The highest BCUT2D eigenvalue weighted by Gasteiger charge is 2.41. The summed E-state index contributed by atoms with van der Waals surface area (Å²) in [5, 5.41) is 3.41. The summed E-state index contributed by atoms with van der Waals surface area (Å²) in [5.74, 6) is 0. The van der Waals surface area contributed by atoms with Crippen molar-refractivity contribution >= 4 is 0 Å². The van der Waals surface area contributed by atoms with Crippen molar-refractivity contribution in [3.8, 4) is 0 Å². The molecule has 1 N–H and O–H groups in total. The quantitative estimate of drug-likeness (QED) is 0.668. The largest absolute Gasteiger partial charge is 0.377 e. The minimum atomic E-state index is 0.163. The van der Waals surface area contributed by atoms with Crippen LogP contribution in [0.5, 0.6) is 0 Å². The van der Waals surface area contributed by atoms with Gasteiger partial charge < -0.3 is 10.1 Å². The SMILES string of the molecule is CCNC(C)C1(OC)CCC1. The van der Waals surface area contributed by atoms with Crippen LogP contribution in [-0.2, 0) is 4.74 Å². The Morgan fingerprint density at radius 3 is 2.45 bits per heavy atom. The van der Waals surface area contributed by atoms with Crippen LogP contribution in [0, 0.1) is 0 Å². The molecule has 2 heteroatoms. The van der Waals surface area contributed by atoms with Gasteiger partial charge in [-0.05, 0) is 32.7 Å². The minimum Gasteiger partial charge on any atom is -0.377 e. The normalized spacial score (nSPS) is 24.3. The number of likely N-dealkylation sites (N-methyl/N-ethyl adjacent to an activating group) is 1. The summed E-state index contributed by atoms with van der Waals surface area (Å²) in [6.45, 7) is 5.39. The van der Waals surface area contributed by atoms with Crippen molar-refractivity contribution in [3.63, 3.8) is 0 Å². The van der Waals surface area contributed by atoms with Gasteiger partial charge in [-0.1, -0.05) is 6.92 Å². The molecule has 0 radical (unpaired) electrons. The summed E-state index contributed by atoms with van der Waals surface area (Å²) < 4.78 is 5.53. The van der Waals surface area contributed by atoms with Gasteiger partial charge in [0, 0.05) is 13.2 Å². The first-order valence-corrected chi connectivity index (χ1v) is 4.53. The van der Waals surface area contributed by atoms with E-state index in [-0.39, 0.29) is 5.60 Å². The van der Waals surface area contributed by atoms with E-state index < -0.39 is 0 Å². The molecule has 1 aliphatic rings. The van der Waals surface area contributed by atoms with Gasteiger partial charge in [0.15, 0.2) is 0 Å². The van der Waals surface area contributed by atoms with Crippen LogP contribution in [0.25, 0.3) is 0 Å². The van der Waals surface area contributed by atoms with Gasteiger partial charge in [0.1, 0.15) is 0 Å². The van der Waals surface area contributed by atoms with Crippen molar-refractivity contribution in [1.82, 2.24) is 5.32 Å². The topological polar surface area (TPSA) is 21.3 Å². The molecule has 1 rings (SSSR count). The highest BCUT2D eigenvalue weighted by Crippen LogP contribution is 2.37. The molecule has 0 heterocycles. The van der Waals surface area contributed by atoms with Crippen molar-refractivity contribution in [1.29, 1.82) is 0 Å². The Hall–Kier alpha value is -0.0800. The fourth-order valence-corrected chi connectivity index (χ4v) is 1.83. The van der Waals surface area contributed by atoms with Gasteiger partial charge in [-0.25, -0.2) is 0 Å². The van der Waals surface area contributed by atoms with Crippen LogP contribution in [0.2, 0.25) is 0 Å². The molecule has 1 aliphatic carbocycles. The van der Waals surface area contributed by atoms with Crippen molar-refractivity contribution < 1.29 is 4.74 Å². The highest BCUT2D eigenvalue weighted by molar-refractivity contribution is 4.97. The Morgan fingerprint density at radius 2 is 2.18 bits per heavy atom. The molecular weight excluding hydrogens is 138 g/mol. The smallest absolute Gasteiger partial charge is 0.0828 e. The van der Waals surface area contributed by atoms with E-state index in [0.717, 1.165) is 6.54 Å². The van der Waals surface area contributed by atoms with Gasteiger partial charge in [0.2, 0.25) is 0 Å². The second-order valence-electron chi connectivity index (χ2n) is 3.40. The molecule has 1 saturated carbocycles. The summed E-state index contributed by atoms with van der Waals surface area (Å²) in [4.78, 5) is 0. The van der Waals surface area contributed by atoms with Crippen molar-refractivity contribution in [2.24, 2.45) is 0 Å². The van der Waals surface area contributed by atoms with E-state index in [0.29, 0.717) is 6.04 Å². The van der Waals surface area contributed by atoms with Gasteiger partial charge in [0.05, 0.1) is 5.60 Å². The van der Waals surface area contributed by atoms with E-state index in [9.17, 15) is 0 Å². The predicted molar refractivity (Wildman–Crippen MR) is 46.7 cm³/mol. The fraction of sp³-hybridized carbons (Fsp3) is 1.00. The van der Waals surface area contributed by atoms with Gasteiger partial charge in [-0.2, -0.15) is 0 Å². The summed E-state index contributed by atoms with van der Waals surface area (Å²) >= 11 is 0. The number of ether oxygens (including phenoxy) is 1. The average molecular weight is 157 g/mol. The van der Waals surface area contributed by atoms with E-state index >= 15 is 0 Å². The number of nitrogens with one attached hydrogen (secondary N) is 1. The lowest BCUT2D eigenvalue weighted by molar-refractivity contribution is -0.0937. The van der Waals surface area contributed by atoms with Crippen LogP contribution in [0.15, 0.2) is 0 Å². The number of rotatable bonds is 4. The summed E-state index contributed by atoms with van der Waals surface area (Å²) in [6, 6.07) is 0.506. The van der Waals surface area contributed by atoms with Gasteiger partial charge in [-0.3, -0.25) is 0 Å². The van der Waals surface area contributed by atoms with Gasteiger partial charge in [-0.15, -0.1) is 0 Å². The monoisotopic (exact) mass is 157 g/mol. The van der Waals surface area contributed by atoms with Crippen molar-refractivity contribution in [2.75, 3.05) is 13.7 Å². The third-order valence-electron chi connectivity index (χ3n) is 2.91. The molecule has 1 atom stereocenters. The standard InChI is InChI=1S/C9H19NO/c1-4-10-8(2)9(11-3)6-5-7-9/h8,10H,4-7H2,1-3H3. The zero-order valence-electron chi connectivity index (χ0n) is 7.81. The van der Waals surface area contributed by atoms with Crippen LogP contribution < -0.4 is 5.32 Å². The van der Waals surface area contributed by atoms with E-state index in [1.54, 1.807) is 0 Å². The van der Waals surface area contributed by atoms with E-state index in [4.69, 9.17) is 4.74 Å².